The lowest BCUT2D eigenvalue weighted by Gasteiger charge is -2.29. The van der Waals surface area contributed by atoms with Gasteiger partial charge in [0.1, 0.15) is 0 Å². The monoisotopic (exact) mass is 256 g/mol. The van der Waals surface area contributed by atoms with Gasteiger partial charge in [-0.1, -0.05) is 43.7 Å². The number of carboxylic acid groups (broad SMARTS) is 1. The second-order valence-corrected chi connectivity index (χ2v) is 4.86. The molecule has 100 valence electrons. The molecule has 0 saturated heterocycles. The SMILES string of the molecule is CCCC(C)(CC(F)(F)c1ccccc1)C(=O)O. The van der Waals surface area contributed by atoms with E-state index in [9.17, 15) is 13.6 Å². The molecule has 0 fully saturated rings. The van der Waals surface area contributed by atoms with Gasteiger partial charge >= 0.3 is 5.97 Å². The van der Waals surface area contributed by atoms with Gasteiger partial charge in [0.25, 0.3) is 5.92 Å². The lowest BCUT2D eigenvalue weighted by molar-refractivity contribution is -0.155. The molecule has 18 heavy (non-hydrogen) atoms. The minimum Gasteiger partial charge on any atom is -0.481 e. The summed E-state index contributed by atoms with van der Waals surface area (Å²) in [5, 5.41) is 9.14. The summed E-state index contributed by atoms with van der Waals surface area (Å²) in [5.41, 5.74) is -1.53. The summed E-state index contributed by atoms with van der Waals surface area (Å²) in [6.45, 7) is 3.18. The zero-order chi connectivity index (χ0) is 13.8. The molecule has 0 aliphatic heterocycles. The molecule has 0 radical (unpaired) electrons. The largest absolute Gasteiger partial charge is 0.481 e. The van der Waals surface area contributed by atoms with E-state index in [2.05, 4.69) is 0 Å². The molecule has 2 nitrogen and oxygen atoms in total. The molecular formula is C14H18F2O2. The fraction of sp³-hybridized carbons (Fsp3) is 0.500. The van der Waals surface area contributed by atoms with Gasteiger partial charge in [0, 0.05) is 12.0 Å². The van der Waals surface area contributed by atoms with Crippen molar-refractivity contribution in [3.8, 4) is 0 Å². The molecule has 1 N–H and O–H groups in total. The molecule has 0 aromatic heterocycles. The topological polar surface area (TPSA) is 37.3 Å². The highest BCUT2D eigenvalue weighted by atomic mass is 19.3. The van der Waals surface area contributed by atoms with Crippen LogP contribution in [0.15, 0.2) is 30.3 Å². The molecule has 0 bridgehead atoms. The number of aliphatic carboxylic acids is 1. The van der Waals surface area contributed by atoms with E-state index in [0.29, 0.717) is 6.42 Å². The van der Waals surface area contributed by atoms with Crippen molar-refractivity contribution in [2.24, 2.45) is 5.41 Å². The first kappa shape index (κ1) is 14.6. The Morgan fingerprint density at radius 2 is 1.83 bits per heavy atom. The van der Waals surface area contributed by atoms with Crippen molar-refractivity contribution in [3.63, 3.8) is 0 Å². The van der Waals surface area contributed by atoms with E-state index in [-0.39, 0.29) is 12.0 Å². The number of hydrogen-bond acceptors (Lipinski definition) is 1. The Hall–Kier alpha value is -1.45. The van der Waals surface area contributed by atoms with Crippen molar-refractivity contribution in [3.05, 3.63) is 35.9 Å². The number of halogens is 2. The second kappa shape index (κ2) is 5.46. The number of benzene rings is 1. The third-order valence-corrected chi connectivity index (χ3v) is 3.13. The molecule has 0 saturated carbocycles. The molecule has 0 spiro atoms. The van der Waals surface area contributed by atoms with Gasteiger partial charge in [0.15, 0.2) is 0 Å². The Morgan fingerprint density at radius 1 is 1.28 bits per heavy atom. The molecular weight excluding hydrogens is 238 g/mol. The predicted molar refractivity (Wildman–Crippen MR) is 65.6 cm³/mol. The third kappa shape index (κ3) is 3.28. The first-order valence-electron chi connectivity index (χ1n) is 5.98. The van der Waals surface area contributed by atoms with Crippen LogP contribution in [0.1, 0.15) is 38.7 Å². The van der Waals surface area contributed by atoms with E-state index >= 15 is 0 Å². The van der Waals surface area contributed by atoms with Gasteiger partial charge in [0.05, 0.1) is 5.41 Å². The maximum Gasteiger partial charge on any atom is 0.309 e. The normalized spacial score (nSPS) is 15.1. The Morgan fingerprint density at radius 3 is 2.28 bits per heavy atom. The van der Waals surface area contributed by atoms with Gasteiger partial charge in [-0.2, -0.15) is 0 Å². The molecule has 1 atom stereocenters. The first-order valence-corrected chi connectivity index (χ1v) is 5.98. The summed E-state index contributed by atoms with van der Waals surface area (Å²) in [7, 11) is 0. The second-order valence-electron chi connectivity index (χ2n) is 4.86. The summed E-state index contributed by atoms with van der Waals surface area (Å²) < 4.78 is 28.1. The highest BCUT2D eigenvalue weighted by Crippen LogP contribution is 2.42. The quantitative estimate of drug-likeness (QED) is 0.833. The summed E-state index contributed by atoms with van der Waals surface area (Å²) in [6.07, 6.45) is 0.131. The zero-order valence-electron chi connectivity index (χ0n) is 10.6. The van der Waals surface area contributed by atoms with Crippen LogP contribution in [-0.2, 0) is 10.7 Å². The van der Waals surface area contributed by atoms with Gasteiger partial charge in [-0.15, -0.1) is 0 Å². The van der Waals surface area contributed by atoms with Gasteiger partial charge in [-0.05, 0) is 13.3 Å². The molecule has 1 aromatic rings. The number of carboxylic acids is 1. The molecule has 1 rings (SSSR count). The van der Waals surface area contributed by atoms with E-state index in [0.717, 1.165) is 0 Å². The van der Waals surface area contributed by atoms with E-state index in [1.807, 2.05) is 0 Å². The van der Waals surface area contributed by atoms with Crippen LogP contribution in [-0.4, -0.2) is 11.1 Å². The van der Waals surface area contributed by atoms with E-state index < -0.39 is 23.7 Å². The van der Waals surface area contributed by atoms with Crippen molar-refractivity contribution >= 4 is 5.97 Å². The standard InChI is InChI=1S/C14H18F2O2/c1-3-9-13(2,12(17)18)10-14(15,16)11-7-5-4-6-8-11/h4-8H,3,9-10H2,1-2H3,(H,17,18). The van der Waals surface area contributed by atoms with Gasteiger partial charge < -0.3 is 5.11 Å². The van der Waals surface area contributed by atoms with Crippen LogP contribution >= 0.6 is 0 Å². The molecule has 0 aliphatic carbocycles. The fourth-order valence-electron chi connectivity index (χ4n) is 2.10. The van der Waals surface area contributed by atoms with E-state index in [1.54, 1.807) is 13.0 Å². The highest BCUT2D eigenvalue weighted by molar-refractivity contribution is 5.74. The summed E-state index contributed by atoms with van der Waals surface area (Å²) in [5.74, 6) is -4.29. The third-order valence-electron chi connectivity index (χ3n) is 3.13. The number of rotatable bonds is 6. The fourth-order valence-corrected chi connectivity index (χ4v) is 2.10. The van der Waals surface area contributed by atoms with Crippen LogP contribution < -0.4 is 0 Å². The Kier molecular flexibility index (Phi) is 4.43. The van der Waals surface area contributed by atoms with Gasteiger partial charge in [-0.25, -0.2) is 8.78 Å². The van der Waals surface area contributed by atoms with E-state index in [4.69, 9.17) is 5.11 Å². The zero-order valence-corrected chi connectivity index (χ0v) is 10.6. The van der Waals surface area contributed by atoms with Crippen LogP contribution in [0, 0.1) is 5.41 Å². The lowest BCUT2D eigenvalue weighted by atomic mass is 9.78. The van der Waals surface area contributed by atoms with Crippen molar-refractivity contribution in [2.75, 3.05) is 0 Å². The molecule has 1 aromatic carbocycles. The predicted octanol–water partition coefficient (Wildman–Crippen LogP) is 4.06. The molecule has 0 amide bonds. The Labute approximate surface area is 106 Å². The first-order chi connectivity index (χ1) is 8.32. The molecule has 0 aliphatic rings. The summed E-state index contributed by atoms with van der Waals surface area (Å²) >= 11 is 0. The van der Waals surface area contributed by atoms with Crippen molar-refractivity contribution in [2.45, 2.75) is 39.0 Å². The minimum absolute atomic E-state index is 0.131. The number of hydrogen-bond donors (Lipinski definition) is 1. The molecule has 0 heterocycles. The average Bonchev–Trinajstić information content (AvgIpc) is 2.29. The maximum absolute atomic E-state index is 14.1. The molecule has 4 heteroatoms. The maximum atomic E-state index is 14.1. The van der Waals surface area contributed by atoms with E-state index in [1.165, 1.54) is 31.2 Å². The summed E-state index contributed by atoms with van der Waals surface area (Å²) in [4.78, 5) is 11.2. The Balaban J connectivity index is 2.96. The number of carbonyl (C=O) groups is 1. The minimum atomic E-state index is -3.12. The van der Waals surface area contributed by atoms with Gasteiger partial charge in [-0.3, -0.25) is 4.79 Å². The van der Waals surface area contributed by atoms with Crippen molar-refractivity contribution in [1.29, 1.82) is 0 Å². The van der Waals surface area contributed by atoms with Crippen LogP contribution in [0.25, 0.3) is 0 Å². The lowest BCUT2D eigenvalue weighted by Crippen LogP contribution is -2.34. The van der Waals surface area contributed by atoms with Crippen LogP contribution in [0.3, 0.4) is 0 Å². The van der Waals surface area contributed by atoms with Crippen molar-refractivity contribution in [1.82, 2.24) is 0 Å². The van der Waals surface area contributed by atoms with Crippen molar-refractivity contribution < 1.29 is 18.7 Å². The molecule has 1 unspecified atom stereocenters. The van der Waals surface area contributed by atoms with Crippen LogP contribution in [0.2, 0.25) is 0 Å². The average molecular weight is 256 g/mol. The smallest absolute Gasteiger partial charge is 0.309 e. The van der Waals surface area contributed by atoms with Crippen LogP contribution in [0.5, 0.6) is 0 Å². The summed E-state index contributed by atoms with van der Waals surface area (Å²) in [6, 6.07) is 7.37. The Bertz CT molecular complexity index is 404. The number of alkyl halides is 2. The van der Waals surface area contributed by atoms with Crippen LogP contribution in [0.4, 0.5) is 8.78 Å². The van der Waals surface area contributed by atoms with Gasteiger partial charge in [0.2, 0.25) is 0 Å². The highest BCUT2D eigenvalue weighted by Gasteiger charge is 2.44.